The fraction of sp³-hybridized carbons (Fsp3) is 0.667. The van der Waals surface area contributed by atoms with Crippen molar-refractivity contribution in [3.8, 4) is 0 Å². The van der Waals surface area contributed by atoms with Gasteiger partial charge in [0.2, 0.25) is 0 Å². The van der Waals surface area contributed by atoms with Crippen LogP contribution in [0.1, 0.15) is 19.3 Å². The standard InChI is InChI=1S/C9H15N3O4.ClH/c10-4-2-1-3-6-8(15)12(5-7(13)14)9(16)11-6;/h6H,1-5,10H2,(H,11,16)(H,13,14);1H. The Labute approximate surface area is 105 Å². The van der Waals surface area contributed by atoms with E-state index in [1.54, 1.807) is 0 Å². The van der Waals surface area contributed by atoms with Crippen LogP contribution in [0, 0.1) is 0 Å². The predicted molar refractivity (Wildman–Crippen MR) is 61.8 cm³/mol. The summed E-state index contributed by atoms with van der Waals surface area (Å²) in [6, 6.07) is -1.23. The van der Waals surface area contributed by atoms with Crippen molar-refractivity contribution in [1.82, 2.24) is 10.2 Å². The van der Waals surface area contributed by atoms with Gasteiger partial charge in [0.05, 0.1) is 0 Å². The highest BCUT2D eigenvalue weighted by molar-refractivity contribution is 6.05. The maximum absolute atomic E-state index is 11.6. The number of carbonyl (C=O) groups excluding carboxylic acids is 2. The number of nitrogens with zero attached hydrogens (tertiary/aromatic N) is 1. The van der Waals surface area contributed by atoms with E-state index in [1.165, 1.54) is 0 Å². The number of aliphatic carboxylic acids is 1. The van der Waals surface area contributed by atoms with Gasteiger partial charge in [-0.25, -0.2) is 4.79 Å². The van der Waals surface area contributed by atoms with Gasteiger partial charge < -0.3 is 16.2 Å². The van der Waals surface area contributed by atoms with Crippen molar-refractivity contribution in [3.05, 3.63) is 0 Å². The fourth-order valence-electron chi connectivity index (χ4n) is 1.55. The Morgan fingerprint density at radius 2 is 2.06 bits per heavy atom. The van der Waals surface area contributed by atoms with Crippen molar-refractivity contribution in [3.63, 3.8) is 0 Å². The number of carbonyl (C=O) groups is 3. The smallest absolute Gasteiger partial charge is 0.325 e. The molecule has 0 radical (unpaired) electrons. The molecule has 8 heteroatoms. The number of urea groups is 1. The summed E-state index contributed by atoms with van der Waals surface area (Å²) in [5, 5.41) is 11.0. The third-order valence-electron chi connectivity index (χ3n) is 2.35. The predicted octanol–water partition coefficient (Wildman–Crippen LogP) is -0.458. The molecular weight excluding hydrogens is 250 g/mol. The van der Waals surface area contributed by atoms with Gasteiger partial charge >= 0.3 is 12.0 Å². The molecule has 1 fully saturated rings. The third-order valence-corrected chi connectivity index (χ3v) is 2.35. The number of carboxylic acids is 1. The van der Waals surface area contributed by atoms with E-state index in [0.717, 1.165) is 17.7 Å². The summed E-state index contributed by atoms with van der Waals surface area (Å²) in [6.45, 7) is -0.0498. The number of unbranched alkanes of at least 4 members (excludes halogenated alkanes) is 1. The number of hydrogen-bond acceptors (Lipinski definition) is 4. The summed E-state index contributed by atoms with van der Waals surface area (Å²) in [7, 11) is 0. The van der Waals surface area contributed by atoms with E-state index in [1.807, 2.05) is 0 Å². The van der Waals surface area contributed by atoms with Gasteiger partial charge in [0.25, 0.3) is 5.91 Å². The molecule has 17 heavy (non-hydrogen) atoms. The molecule has 0 aromatic heterocycles. The molecule has 0 saturated carbocycles. The van der Waals surface area contributed by atoms with Gasteiger partial charge in [-0.1, -0.05) is 0 Å². The zero-order chi connectivity index (χ0) is 12.1. The number of rotatable bonds is 6. The number of carboxylic acid groups (broad SMARTS) is 1. The molecular formula is C9H16ClN3O4. The Bertz CT molecular complexity index is 311. The highest BCUT2D eigenvalue weighted by atomic mass is 35.5. The molecule has 0 aromatic carbocycles. The molecule has 1 heterocycles. The maximum atomic E-state index is 11.6. The maximum Gasteiger partial charge on any atom is 0.325 e. The molecule has 1 aliphatic rings. The molecule has 1 rings (SSSR count). The SMILES string of the molecule is Cl.NCCCCC1NC(=O)N(CC(=O)O)C1=O. The average molecular weight is 266 g/mol. The molecule has 0 spiro atoms. The van der Waals surface area contributed by atoms with Crippen LogP contribution in [0.4, 0.5) is 4.79 Å². The lowest BCUT2D eigenvalue weighted by Gasteiger charge is -2.09. The van der Waals surface area contributed by atoms with Crippen molar-refractivity contribution in [2.75, 3.05) is 13.1 Å². The topological polar surface area (TPSA) is 113 Å². The average Bonchev–Trinajstić information content (AvgIpc) is 2.46. The number of imide groups is 1. The Balaban J connectivity index is 0.00000256. The van der Waals surface area contributed by atoms with Gasteiger partial charge in [0.15, 0.2) is 0 Å². The number of nitrogens with one attached hydrogen (secondary N) is 1. The Morgan fingerprint density at radius 3 is 2.59 bits per heavy atom. The van der Waals surface area contributed by atoms with Crippen LogP contribution in [0.2, 0.25) is 0 Å². The quantitative estimate of drug-likeness (QED) is 0.444. The largest absolute Gasteiger partial charge is 0.480 e. The van der Waals surface area contributed by atoms with Crippen molar-refractivity contribution >= 4 is 30.3 Å². The van der Waals surface area contributed by atoms with Gasteiger partial charge in [0.1, 0.15) is 12.6 Å². The van der Waals surface area contributed by atoms with Crippen LogP contribution in [0.25, 0.3) is 0 Å². The van der Waals surface area contributed by atoms with E-state index < -0.39 is 30.5 Å². The molecule has 7 nitrogen and oxygen atoms in total. The van der Waals surface area contributed by atoms with Crippen LogP contribution < -0.4 is 11.1 Å². The van der Waals surface area contributed by atoms with Gasteiger partial charge in [-0.2, -0.15) is 0 Å². The molecule has 4 N–H and O–H groups in total. The van der Waals surface area contributed by atoms with Crippen molar-refractivity contribution in [2.45, 2.75) is 25.3 Å². The zero-order valence-corrected chi connectivity index (χ0v) is 10.0. The molecule has 0 bridgehead atoms. The van der Waals surface area contributed by atoms with Gasteiger partial charge in [-0.05, 0) is 25.8 Å². The number of halogens is 1. The summed E-state index contributed by atoms with van der Waals surface area (Å²) >= 11 is 0. The number of nitrogens with two attached hydrogens (primary N) is 1. The minimum Gasteiger partial charge on any atom is -0.480 e. The lowest BCUT2D eigenvalue weighted by atomic mass is 10.1. The first kappa shape index (κ1) is 15.7. The second-order valence-electron chi connectivity index (χ2n) is 3.60. The molecule has 98 valence electrons. The lowest BCUT2D eigenvalue weighted by molar-refractivity contribution is -0.141. The van der Waals surface area contributed by atoms with Crippen LogP contribution in [0.5, 0.6) is 0 Å². The minimum absolute atomic E-state index is 0. The summed E-state index contributed by atoms with van der Waals surface area (Å²) < 4.78 is 0. The van der Waals surface area contributed by atoms with Gasteiger partial charge in [0, 0.05) is 0 Å². The molecule has 0 aromatic rings. The zero-order valence-electron chi connectivity index (χ0n) is 9.22. The van der Waals surface area contributed by atoms with Crippen molar-refractivity contribution < 1.29 is 19.5 Å². The van der Waals surface area contributed by atoms with E-state index in [0.29, 0.717) is 13.0 Å². The van der Waals surface area contributed by atoms with E-state index in [2.05, 4.69) is 5.32 Å². The highest BCUT2D eigenvalue weighted by Gasteiger charge is 2.38. The summed E-state index contributed by atoms with van der Waals surface area (Å²) in [5.74, 6) is -1.67. The lowest BCUT2D eigenvalue weighted by Crippen LogP contribution is -2.36. The van der Waals surface area contributed by atoms with Crippen LogP contribution in [0.3, 0.4) is 0 Å². The second kappa shape index (κ2) is 7.08. The van der Waals surface area contributed by atoms with E-state index >= 15 is 0 Å². The van der Waals surface area contributed by atoms with Gasteiger partial charge in [-0.15, -0.1) is 12.4 Å². The molecule has 1 aliphatic heterocycles. The Kier molecular flexibility index (Phi) is 6.52. The summed E-state index contributed by atoms with van der Waals surface area (Å²) in [4.78, 5) is 34.0. The second-order valence-corrected chi connectivity index (χ2v) is 3.60. The first-order valence-electron chi connectivity index (χ1n) is 5.10. The van der Waals surface area contributed by atoms with Crippen LogP contribution in [0.15, 0.2) is 0 Å². The fourth-order valence-corrected chi connectivity index (χ4v) is 1.55. The minimum atomic E-state index is -1.20. The molecule has 1 unspecified atom stereocenters. The van der Waals surface area contributed by atoms with Crippen molar-refractivity contribution in [2.24, 2.45) is 5.73 Å². The number of amides is 3. The van der Waals surface area contributed by atoms with Gasteiger partial charge in [-0.3, -0.25) is 14.5 Å². The number of hydrogen-bond donors (Lipinski definition) is 3. The van der Waals surface area contributed by atoms with E-state index in [9.17, 15) is 14.4 Å². The summed E-state index contributed by atoms with van der Waals surface area (Å²) in [5.41, 5.74) is 5.31. The summed E-state index contributed by atoms with van der Waals surface area (Å²) in [6.07, 6.45) is 2.00. The van der Waals surface area contributed by atoms with Crippen LogP contribution in [-0.2, 0) is 9.59 Å². The van der Waals surface area contributed by atoms with E-state index in [4.69, 9.17) is 10.8 Å². The Morgan fingerprint density at radius 1 is 1.41 bits per heavy atom. The van der Waals surface area contributed by atoms with Crippen LogP contribution >= 0.6 is 12.4 Å². The third kappa shape index (κ3) is 4.20. The highest BCUT2D eigenvalue weighted by Crippen LogP contribution is 2.11. The first-order valence-corrected chi connectivity index (χ1v) is 5.10. The van der Waals surface area contributed by atoms with Crippen LogP contribution in [-0.4, -0.2) is 47.0 Å². The molecule has 3 amide bonds. The molecule has 1 atom stereocenters. The normalized spacial score (nSPS) is 18.9. The Hall–Kier alpha value is -1.34. The monoisotopic (exact) mass is 265 g/mol. The molecule has 1 saturated heterocycles. The first-order chi connectivity index (χ1) is 7.56. The van der Waals surface area contributed by atoms with E-state index in [-0.39, 0.29) is 12.4 Å². The molecule has 0 aliphatic carbocycles. The van der Waals surface area contributed by atoms with Crippen molar-refractivity contribution in [1.29, 1.82) is 0 Å².